The number of para-hydroxylation sites is 2. The van der Waals surface area contributed by atoms with E-state index in [9.17, 15) is 0 Å². The molecule has 1 aromatic heterocycles. The molecule has 1 aliphatic heterocycles. The summed E-state index contributed by atoms with van der Waals surface area (Å²) in [6.07, 6.45) is 3.75. The number of hydrogen-bond acceptors (Lipinski definition) is 4. The number of rotatable bonds is 4. The van der Waals surface area contributed by atoms with Gasteiger partial charge in [0.15, 0.2) is 0 Å². The van der Waals surface area contributed by atoms with Gasteiger partial charge in [0.1, 0.15) is 5.82 Å². The molecule has 2 heterocycles. The molecule has 0 bridgehead atoms. The van der Waals surface area contributed by atoms with Crippen molar-refractivity contribution < 1.29 is 0 Å². The summed E-state index contributed by atoms with van der Waals surface area (Å²) in [4.78, 5) is 9.23. The first kappa shape index (κ1) is 12.4. The summed E-state index contributed by atoms with van der Waals surface area (Å²) in [6, 6.07) is 8.67. The van der Waals surface area contributed by atoms with E-state index in [1.807, 2.05) is 31.2 Å². The maximum atomic E-state index is 4.64. The minimum Gasteiger partial charge on any atom is -0.368 e. The van der Waals surface area contributed by atoms with E-state index in [0.717, 1.165) is 35.5 Å². The maximum Gasteiger partial charge on any atom is 0.148 e. The highest BCUT2D eigenvalue weighted by Crippen LogP contribution is 2.16. The summed E-state index contributed by atoms with van der Waals surface area (Å²) in [7, 11) is 0. The Morgan fingerprint density at radius 2 is 2.05 bits per heavy atom. The number of nitrogens with one attached hydrogen (secondary N) is 2. The van der Waals surface area contributed by atoms with Gasteiger partial charge in [-0.2, -0.15) is 0 Å². The number of anilines is 1. The average molecular weight is 256 g/mol. The van der Waals surface area contributed by atoms with Crippen LogP contribution < -0.4 is 10.6 Å². The number of nitrogens with zero attached hydrogens (tertiary/aromatic N) is 2. The molecule has 0 unspecified atom stereocenters. The lowest BCUT2D eigenvalue weighted by atomic mass is 10.1. The molecular weight excluding hydrogens is 236 g/mol. The zero-order valence-corrected chi connectivity index (χ0v) is 11.3. The van der Waals surface area contributed by atoms with Gasteiger partial charge >= 0.3 is 0 Å². The molecule has 3 rings (SSSR count). The normalized spacial score (nSPS) is 18.9. The van der Waals surface area contributed by atoms with E-state index >= 15 is 0 Å². The fraction of sp³-hybridized carbons (Fsp3) is 0.467. The van der Waals surface area contributed by atoms with Crippen LogP contribution in [0.3, 0.4) is 0 Å². The van der Waals surface area contributed by atoms with Gasteiger partial charge in [0.05, 0.1) is 16.7 Å². The average Bonchev–Trinajstić information content (AvgIpc) is 2.92. The summed E-state index contributed by atoms with van der Waals surface area (Å²) in [6.45, 7) is 4.13. The fourth-order valence-electron chi connectivity index (χ4n) is 2.62. The van der Waals surface area contributed by atoms with E-state index < -0.39 is 0 Å². The zero-order chi connectivity index (χ0) is 13.1. The van der Waals surface area contributed by atoms with E-state index in [4.69, 9.17) is 0 Å². The summed E-state index contributed by atoms with van der Waals surface area (Å²) in [5, 5.41) is 6.93. The Kier molecular flexibility index (Phi) is 3.60. The summed E-state index contributed by atoms with van der Waals surface area (Å²) in [5.41, 5.74) is 2.88. The molecule has 4 heteroatoms. The molecule has 0 saturated carbocycles. The van der Waals surface area contributed by atoms with Gasteiger partial charge in [-0.3, -0.25) is 0 Å². The van der Waals surface area contributed by atoms with Gasteiger partial charge in [-0.15, -0.1) is 0 Å². The van der Waals surface area contributed by atoms with E-state index in [0.29, 0.717) is 6.04 Å². The molecule has 1 aromatic carbocycles. The maximum absolute atomic E-state index is 4.64. The van der Waals surface area contributed by atoms with E-state index in [1.165, 1.54) is 19.4 Å². The molecule has 1 atom stereocenters. The number of aromatic nitrogens is 2. The SMILES string of the molecule is Cc1nc2ccccc2nc1NCC[C@@H]1CCCN1. The van der Waals surface area contributed by atoms with Crippen LogP contribution in [0.2, 0.25) is 0 Å². The van der Waals surface area contributed by atoms with Gasteiger partial charge < -0.3 is 10.6 Å². The first-order valence-corrected chi connectivity index (χ1v) is 7.03. The van der Waals surface area contributed by atoms with Crippen LogP contribution in [0.4, 0.5) is 5.82 Å². The van der Waals surface area contributed by atoms with E-state index in [1.54, 1.807) is 0 Å². The fourth-order valence-corrected chi connectivity index (χ4v) is 2.62. The lowest BCUT2D eigenvalue weighted by Gasteiger charge is -2.12. The molecule has 1 aliphatic rings. The standard InChI is InChI=1S/C15H20N4/c1-11-15(17-10-8-12-5-4-9-16-12)19-14-7-3-2-6-13(14)18-11/h2-3,6-7,12,16H,4-5,8-10H2,1H3,(H,17,19)/t12-/m0/s1. The lowest BCUT2D eigenvalue weighted by Crippen LogP contribution is -2.24. The lowest BCUT2D eigenvalue weighted by molar-refractivity contribution is 0.574. The predicted molar refractivity (Wildman–Crippen MR) is 78.4 cm³/mol. The molecule has 19 heavy (non-hydrogen) atoms. The molecule has 1 saturated heterocycles. The van der Waals surface area contributed by atoms with Crippen LogP contribution >= 0.6 is 0 Å². The van der Waals surface area contributed by atoms with Crippen molar-refractivity contribution in [3.63, 3.8) is 0 Å². The van der Waals surface area contributed by atoms with Gasteiger partial charge in [-0.1, -0.05) is 12.1 Å². The Balaban J connectivity index is 1.67. The third-order valence-corrected chi connectivity index (χ3v) is 3.69. The molecule has 0 spiro atoms. The third kappa shape index (κ3) is 2.84. The molecule has 1 fully saturated rings. The predicted octanol–water partition coefficient (Wildman–Crippen LogP) is 2.49. The van der Waals surface area contributed by atoms with Crippen LogP contribution in [0, 0.1) is 6.92 Å². The van der Waals surface area contributed by atoms with Crippen molar-refractivity contribution in [3.8, 4) is 0 Å². The van der Waals surface area contributed by atoms with Gasteiger partial charge in [0, 0.05) is 12.6 Å². The second kappa shape index (κ2) is 5.53. The van der Waals surface area contributed by atoms with Crippen LogP contribution in [-0.2, 0) is 0 Å². The Labute approximate surface area is 113 Å². The highest BCUT2D eigenvalue weighted by molar-refractivity contribution is 5.76. The van der Waals surface area contributed by atoms with Crippen molar-refractivity contribution in [3.05, 3.63) is 30.0 Å². The first-order valence-electron chi connectivity index (χ1n) is 7.03. The smallest absolute Gasteiger partial charge is 0.148 e. The van der Waals surface area contributed by atoms with Crippen molar-refractivity contribution in [2.45, 2.75) is 32.2 Å². The van der Waals surface area contributed by atoms with Crippen LogP contribution in [0.15, 0.2) is 24.3 Å². The minimum absolute atomic E-state index is 0.668. The molecule has 0 radical (unpaired) electrons. The van der Waals surface area contributed by atoms with Crippen molar-refractivity contribution in [1.82, 2.24) is 15.3 Å². The van der Waals surface area contributed by atoms with Crippen molar-refractivity contribution >= 4 is 16.9 Å². The molecule has 2 aromatic rings. The summed E-state index contributed by atoms with van der Waals surface area (Å²) in [5.74, 6) is 0.914. The van der Waals surface area contributed by atoms with Crippen LogP contribution in [-0.4, -0.2) is 29.1 Å². The first-order chi connectivity index (χ1) is 9.33. The van der Waals surface area contributed by atoms with Gasteiger partial charge in [0.25, 0.3) is 0 Å². The van der Waals surface area contributed by atoms with Crippen molar-refractivity contribution in [2.75, 3.05) is 18.4 Å². The van der Waals surface area contributed by atoms with Gasteiger partial charge in [-0.05, 0) is 44.9 Å². The number of aryl methyl sites for hydroxylation is 1. The summed E-state index contributed by atoms with van der Waals surface area (Å²) < 4.78 is 0. The van der Waals surface area contributed by atoms with Gasteiger partial charge in [0.2, 0.25) is 0 Å². The monoisotopic (exact) mass is 256 g/mol. The molecule has 4 nitrogen and oxygen atoms in total. The zero-order valence-electron chi connectivity index (χ0n) is 11.3. The Morgan fingerprint density at radius 1 is 1.26 bits per heavy atom. The van der Waals surface area contributed by atoms with Crippen molar-refractivity contribution in [2.24, 2.45) is 0 Å². The highest BCUT2D eigenvalue weighted by atomic mass is 15.0. The molecule has 2 N–H and O–H groups in total. The summed E-state index contributed by atoms with van der Waals surface area (Å²) >= 11 is 0. The second-order valence-electron chi connectivity index (χ2n) is 5.16. The quantitative estimate of drug-likeness (QED) is 0.882. The third-order valence-electron chi connectivity index (χ3n) is 3.69. The molecular formula is C15H20N4. The van der Waals surface area contributed by atoms with Crippen LogP contribution in [0.1, 0.15) is 25.0 Å². The van der Waals surface area contributed by atoms with Crippen LogP contribution in [0.25, 0.3) is 11.0 Å². The molecule has 0 amide bonds. The topological polar surface area (TPSA) is 49.8 Å². The highest BCUT2D eigenvalue weighted by Gasteiger charge is 2.13. The largest absolute Gasteiger partial charge is 0.368 e. The minimum atomic E-state index is 0.668. The second-order valence-corrected chi connectivity index (χ2v) is 5.16. The van der Waals surface area contributed by atoms with Crippen molar-refractivity contribution in [1.29, 1.82) is 0 Å². The number of fused-ring (bicyclic) bond motifs is 1. The Hall–Kier alpha value is -1.68. The van der Waals surface area contributed by atoms with Gasteiger partial charge in [-0.25, -0.2) is 9.97 Å². The number of benzene rings is 1. The van der Waals surface area contributed by atoms with E-state index in [2.05, 4.69) is 20.6 Å². The molecule has 100 valence electrons. The number of hydrogen-bond donors (Lipinski definition) is 2. The van der Waals surface area contributed by atoms with E-state index in [-0.39, 0.29) is 0 Å². The Bertz CT molecular complexity index is 561. The Morgan fingerprint density at radius 3 is 2.79 bits per heavy atom. The molecule has 0 aliphatic carbocycles. The van der Waals surface area contributed by atoms with Crippen LogP contribution in [0.5, 0.6) is 0 Å².